The fourth-order valence-electron chi connectivity index (χ4n) is 1.59. The summed E-state index contributed by atoms with van der Waals surface area (Å²) in [7, 11) is 1.73. The van der Waals surface area contributed by atoms with Crippen LogP contribution in [0.15, 0.2) is 18.2 Å². The van der Waals surface area contributed by atoms with Crippen molar-refractivity contribution in [3.63, 3.8) is 0 Å². The SMILES string of the molecule is Cn1c(COCC(=O)O)nc2c(F)cccc21. The number of carboxylic acids is 1. The Bertz CT molecular complexity index is 565. The van der Waals surface area contributed by atoms with Crippen LogP contribution in [0.4, 0.5) is 4.39 Å². The van der Waals surface area contributed by atoms with Gasteiger partial charge in [0.05, 0.1) is 5.52 Å². The number of aliphatic carboxylic acids is 1. The lowest BCUT2D eigenvalue weighted by Crippen LogP contribution is -2.09. The topological polar surface area (TPSA) is 64.3 Å². The van der Waals surface area contributed by atoms with E-state index in [0.717, 1.165) is 0 Å². The van der Waals surface area contributed by atoms with Crippen molar-refractivity contribution in [1.29, 1.82) is 0 Å². The van der Waals surface area contributed by atoms with Crippen LogP contribution in [-0.4, -0.2) is 27.2 Å². The molecule has 0 atom stereocenters. The summed E-state index contributed by atoms with van der Waals surface area (Å²) >= 11 is 0. The van der Waals surface area contributed by atoms with E-state index < -0.39 is 18.4 Å². The van der Waals surface area contributed by atoms with Crippen molar-refractivity contribution in [2.45, 2.75) is 6.61 Å². The second-order valence-corrected chi connectivity index (χ2v) is 3.58. The molecule has 0 radical (unpaired) electrons. The van der Waals surface area contributed by atoms with E-state index >= 15 is 0 Å². The summed E-state index contributed by atoms with van der Waals surface area (Å²) in [5, 5.41) is 8.43. The van der Waals surface area contributed by atoms with Crippen molar-refractivity contribution < 1.29 is 19.0 Å². The van der Waals surface area contributed by atoms with Gasteiger partial charge in [-0.15, -0.1) is 0 Å². The van der Waals surface area contributed by atoms with E-state index in [1.807, 2.05) is 0 Å². The maximum atomic E-state index is 13.4. The molecule has 17 heavy (non-hydrogen) atoms. The molecule has 0 saturated carbocycles. The highest BCUT2D eigenvalue weighted by Crippen LogP contribution is 2.18. The van der Waals surface area contributed by atoms with Crippen LogP contribution in [-0.2, 0) is 23.2 Å². The van der Waals surface area contributed by atoms with E-state index in [0.29, 0.717) is 11.3 Å². The third-order valence-corrected chi connectivity index (χ3v) is 2.41. The minimum absolute atomic E-state index is 0.0386. The van der Waals surface area contributed by atoms with Gasteiger partial charge in [0.2, 0.25) is 0 Å². The molecule has 0 aliphatic heterocycles. The summed E-state index contributed by atoms with van der Waals surface area (Å²) < 4.78 is 20.0. The van der Waals surface area contributed by atoms with Gasteiger partial charge in [0.25, 0.3) is 0 Å². The minimum atomic E-state index is -1.05. The monoisotopic (exact) mass is 238 g/mol. The average molecular weight is 238 g/mol. The van der Waals surface area contributed by atoms with Crippen LogP contribution in [0, 0.1) is 5.82 Å². The molecular formula is C11H11FN2O3. The van der Waals surface area contributed by atoms with Gasteiger partial charge < -0.3 is 14.4 Å². The Morgan fingerprint density at radius 2 is 2.35 bits per heavy atom. The number of carboxylic acid groups (broad SMARTS) is 1. The van der Waals surface area contributed by atoms with Crippen molar-refractivity contribution >= 4 is 17.0 Å². The summed E-state index contributed by atoms with van der Waals surface area (Å²) in [5.74, 6) is -0.955. The number of fused-ring (bicyclic) bond motifs is 1. The first-order chi connectivity index (χ1) is 8.09. The number of carbonyl (C=O) groups is 1. The number of hydrogen-bond acceptors (Lipinski definition) is 3. The lowest BCUT2D eigenvalue weighted by atomic mass is 10.3. The van der Waals surface area contributed by atoms with Crippen LogP contribution in [0.2, 0.25) is 0 Å². The fraction of sp³-hybridized carbons (Fsp3) is 0.273. The molecular weight excluding hydrogens is 227 g/mol. The highest BCUT2D eigenvalue weighted by molar-refractivity contribution is 5.76. The van der Waals surface area contributed by atoms with E-state index in [9.17, 15) is 9.18 Å². The number of rotatable bonds is 4. The third-order valence-electron chi connectivity index (χ3n) is 2.41. The van der Waals surface area contributed by atoms with Gasteiger partial charge in [-0.2, -0.15) is 0 Å². The summed E-state index contributed by atoms with van der Waals surface area (Å²) in [6.07, 6.45) is 0. The molecule has 0 spiro atoms. The fourth-order valence-corrected chi connectivity index (χ4v) is 1.59. The molecule has 1 heterocycles. The van der Waals surface area contributed by atoms with Crippen LogP contribution in [0.3, 0.4) is 0 Å². The molecule has 5 nitrogen and oxygen atoms in total. The predicted octanol–water partition coefficient (Wildman–Crippen LogP) is 1.31. The van der Waals surface area contributed by atoms with Crippen molar-refractivity contribution in [3.05, 3.63) is 29.8 Å². The zero-order valence-electron chi connectivity index (χ0n) is 9.18. The lowest BCUT2D eigenvalue weighted by Gasteiger charge is -2.01. The van der Waals surface area contributed by atoms with E-state index in [-0.39, 0.29) is 12.1 Å². The van der Waals surface area contributed by atoms with Gasteiger partial charge in [-0.05, 0) is 12.1 Å². The van der Waals surface area contributed by atoms with Crippen molar-refractivity contribution in [1.82, 2.24) is 9.55 Å². The standard InChI is InChI=1S/C11H11FN2O3/c1-14-8-4-2-3-7(12)11(8)13-9(14)5-17-6-10(15)16/h2-4H,5-6H2,1H3,(H,15,16). The molecule has 0 unspecified atom stereocenters. The number of benzene rings is 1. The van der Waals surface area contributed by atoms with Crippen molar-refractivity contribution in [3.8, 4) is 0 Å². The minimum Gasteiger partial charge on any atom is -0.480 e. The molecule has 0 bridgehead atoms. The molecule has 2 aromatic rings. The van der Waals surface area contributed by atoms with Crippen LogP contribution in [0.1, 0.15) is 5.82 Å². The van der Waals surface area contributed by atoms with Gasteiger partial charge >= 0.3 is 5.97 Å². The zero-order chi connectivity index (χ0) is 12.4. The van der Waals surface area contributed by atoms with Crippen LogP contribution in [0.5, 0.6) is 0 Å². The summed E-state index contributed by atoms with van der Waals surface area (Å²) in [6, 6.07) is 4.67. The Labute approximate surface area is 96.4 Å². The second-order valence-electron chi connectivity index (χ2n) is 3.58. The summed E-state index contributed by atoms with van der Waals surface area (Å²) in [4.78, 5) is 14.4. The van der Waals surface area contributed by atoms with E-state index in [1.165, 1.54) is 6.07 Å². The molecule has 1 N–H and O–H groups in total. The number of ether oxygens (including phenoxy) is 1. The predicted molar refractivity (Wildman–Crippen MR) is 58.0 cm³/mol. The Hall–Kier alpha value is -1.95. The van der Waals surface area contributed by atoms with Crippen LogP contribution < -0.4 is 0 Å². The molecule has 2 rings (SSSR count). The van der Waals surface area contributed by atoms with Crippen molar-refractivity contribution in [2.24, 2.45) is 7.05 Å². The van der Waals surface area contributed by atoms with Gasteiger partial charge in [-0.3, -0.25) is 0 Å². The number of para-hydroxylation sites is 1. The largest absolute Gasteiger partial charge is 0.480 e. The molecule has 0 amide bonds. The van der Waals surface area contributed by atoms with Gasteiger partial charge in [0.15, 0.2) is 5.82 Å². The molecule has 0 fully saturated rings. The lowest BCUT2D eigenvalue weighted by molar-refractivity contribution is -0.142. The number of aromatic nitrogens is 2. The normalized spacial score (nSPS) is 10.9. The Balaban J connectivity index is 2.26. The van der Waals surface area contributed by atoms with Gasteiger partial charge in [-0.1, -0.05) is 6.07 Å². The first-order valence-electron chi connectivity index (χ1n) is 4.99. The molecule has 1 aromatic heterocycles. The molecule has 90 valence electrons. The molecule has 1 aromatic carbocycles. The smallest absolute Gasteiger partial charge is 0.329 e. The highest BCUT2D eigenvalue weighted by Gasteiger charge is 2.11. The maximum Gasteiger partial charge on any atom is 0.329 e. The van der Waals surface area contributed by atoms with E-state index in [1.54, 1.807) is 23.7 Å². The first kappa shape index (κ1) is 11.5. The molecule has 0 aliphatic rings. The number of nitrogens with zero attached hydrogens (tertiary/aromatic N) is 2. The van der Waals surface area contributed by atoms with Crippen molar-refractivity contribution in [2.75, 3.05) is 6.61 Å². The second kappa shape index (κ2) is 4.50. The quantitative estimate of drug-likeness (QED) is 0.872. The third kappa shape index (κ3) is 2.26. The summed E-state index contributed by atoms with van der Waals surface area (Å²) in [5.41, 5.74) is 0.919. The average Bonchev–Trinajstić information content (AvgIpc) is 2.58. The van der Waals surface area contributed by atoms with Gasteiger partial charge in [0.1, 0.15) is 24.6 Å². The van der Waals surface area contributed by atoms with Gasteiger partial charge in [0, 0.05) is 7.05 Å². The molecule has 6 heteroatoms. The number of aryl methyl sites for hydroxylation is 1. The molecule has 0 aliphatic carbocycles. The molecule has 0 saturated heterocycles. The number of imidazole rings is 1. The number of hydrogen-bond donors (Lipinski definition) is 1. The highest BCUT2D eigenvalue weighted by atomic mass is 19.1. The number of halogens is 1. The maximum absolute atomic E-state index is 13.4. The Morgan fingerprint density at radius 3 is 3.00 bits per heavy atom. The Kier molecular flexibility index (Phi) is 3.06. The van der Waals surface area contributed by atoms with E-state index in [2.05, 4.69) is 4.98 Å². The first-order valence-corrected chi connectivity index (χ1v) is 4.99. The van der Waals surface area contributed by atoms with Crippen LogP contribution >= 0.6 is 0 Å². The van der Waals surface area contributed by atoms with Crippen LogP contribution in [0.25, 0.3) is 11.0 Å². The summed E-state index contributed by atoms with van der Waals surface area (Å²) in [6.45, 7) is -0.359. The Morgan fingerprint density at radius 1 is 1.59 bits per heavy atom. The van der Waals surface area contributed by atoms with Gasteiger partial charge in [-0.25, -0.2) is 14.2 Å². The van der Waals surface area contributed by atoms with E-state index in [4.69, 9.17) is 9.84 Å². The zero-order valence-corrected chi connectivity index (χ0v) is 9.18.